The zero-order valence-corrected chi connectivity index (χ0v) is 25.5. The van der Waals surface area contributed by atoms with Crippen molar-refractivity contribution in [1.82, 2.24) is 4.90 Å². The zero-order chi connectivity index (χ0) is 32.4. The highest BCUT2D eigenvalue weighted by atomic mass is 19.1. The number of phenols is 1. The van der Waals surface area contributed by atoms with Gasteiger partial charge >= 0.3 is 0 Å². The number of carbonyl (C=O) groups excluding carboxylic acids is 3. The van der Waals surface area contributed by atoms with E-state index in [1.807, 2.05) is 19.0 Å². The van der Waals surface area contributed by atoms with Gasteiger partial charge in [0.15, 0.2) is 11.6 Å². The van der Waals surface area contributed by atoms with Crippen molar-refractivity contribution in [2.75, 3.05) is 33.1 Å². The number of carbonyl (C=O) groups is 3. The number of fused-ring (bicyclic) bond motifs is 3. The molecule has 0 saturated carbocycles. The number of phenolic OH excluding ortho intramolecular Hbond substituents is 1. The molecule has 234 valence electrons. The number of aliphatic hydroxyl groups excluding tert-OH is 2. The van der Waals surface area contributed by atoms with Crippen molar-refractivity contribution >= 4 is 23.2 Å². The minimum absolute atomic E-state index is 0.00818. The Bertz CT molecular complexity index is 1640. The minimum atomic E-state index is -1.26. The van der Waals surface area contributed by atoms with E-state index in [0.29, 0.717) is 22.4 Å². The van der Waals surface area contributed by atoms with E-state index in [2.05, 4.69) is 0 Å². The van der Waals surface area contributed by atoms with Crippen LogP contribution in [-0.2, 0) is 28.9 Å². The lowest BCUT2D eigenvalue weighted by atomic mass is 9.60. The second-order valence-electron chi connectivity index (χ2n) is 13.1. The third-order valence-electron chi connectivity index (χ3n) is 9.25. The summed E-state index contributed by atoms with van der Waals surface area (Å²) in [4.78, 5) is 43.4. The number of amides is 1. The van der Waals surface area contributed by atoms with Crippen molar-refractivity contribution in [2.24, 2.45) is 29.2 Å². The third-order valence-corrected chi connectivity index (χ3v) is 9.25. The number of aliphatic hydroxyl groups is 2. The molecule has 4 unspecified atom stereocenters. The van der Waals surface area contributed by atoms with Gasteiger partial charge in [0.25, 0.3) is 5.91 Å². The number of primary amides is 1. The van der Waals surface area contributed by atoms with Crippen LogP contribution in [0.15, 0.2) is 53.0 Å². The van der Waals surface area contributed by atoms with E-state index in [1.165, 1.54) is 6.07 Å². The summed E-state index contributed by atoms with van der Waals surface area (Å²) in [5.74, 6) is -6.54. The van der Waals surface area contributed by atoms with Gasteiger partial charge in [0.1, 0.15) is 28.7 Å². The molecule has 0 spiro atoms. The summed E-state index contributed by atoms with van der Waals surface area (Å²) in [6.45, 7) is 1.75. The molecular formula is C33H39FN4O6. The maximum absolute atomic E-state index is 14.4. The van der Waals surface area contributed by atoms with Crippen LogP contribution >= 0.6 is 0 Å². The molecule has 3 aliphatic rings. The number of allylic oxidation sites excluding steroid dienone is 2. The lowest BCUT2D eigenvalue weighted by Crippen LogP contribution is -2.53. The van der Waals surface area contributed by atoms with Crippen LogP contribution in [0.3, 0.4) is 0 Å². The number of nitrogens with zero attached hydrogens (tertiary/aromatic N) is 2. The van der Waals surface area contributed by atoms with E-state index in [4.69, 9.17) is 11.5 Å². The summed E-state index contributed by atoms with van der Waals surface area (Å²) in [6, 6.07) is 7.32. The Morgan fingerprint density at radius 1 is 1.05 bits per heavy atom. The SMILES string of the molecule is CN(C)c1cc(CC(C)(N)Cc2ccccc2F)c(O)c2c1CC1CC3C(C(=O)C(C(N)=O)=C(O)[C@H]3N(C)C)C(O)=C1C2=O. The summed E-state index contributed by atoms with van der Waals surface area (Å²) in [6.07, 6.45) is 0.833. The minimum Gasteiger partial charge on any atom is -0.511 e. The largest absolute Gasteiger partial charge is 0.511 e. The van der Waals surface area contributed by atoms with Crippen molar-refractivity contribution in [3.05, 3.63) is 81.1 Å². The Labute approximate surface area is 255 Å². The van der Waals surface area contributed by atoms with Crippen LogP contribution in [-0.4, -0.2) is 77.5 Å². The Balaban J connectivity index is 1.61. The maximum Gasteiger partial charge on any atom is 0.255 e. The molecule has 2 aromatic carbocycles. The topological polar surface area (TPSA) is 170 Å². The maximum atomic E-state index is 14.4. The summed E-state index contributed by atoms with van der Waals surface area (Å²) >= 11 is 0. The monoisotopic (exact) mass is 606 g/mol. The van der Waals surface area contributed by atoms with Crippen LogP contribution in [0.25, 0.3) is 0 Å². The highest BCUT2D eigenvalue weighted by Gasteiger charge is 2.54. The molecule has 11 heteroatoms. The van der Waals surface area contributed by atoms with E-state index < -0.39 is 63.9 Å². The first kappa shape index (κ1) is 31.2. The molecule has 0 aliphatic heterocycles. The number of nitrogens with two attached hydrogens (primary N) is 2. The van der Waals surface area contributed by atoms with Crippen molar-refractivity contribution in [1.29, 1.82) is 0 Å². The van der Waals surface area contributed by atoms with Gasteiger partial charge in [-0.25, -0.2) is 4.39 Å². The zero-order valence-electron chi connectivity index (χ0n) is 25.5. The van der Waals surface area contributed by atoms with Crippen molar-refractivity contribution in [2.45, 2.75) is 44.2 Å². The predicted octanol–water partition coefficient (Wildman–Crippen LogP) is 2.71. The van der Waals surface area contributed by atoms with Crippen LogP contribution in [0, 0.1) is 23.6 Å². The highest BCUT2D eigenvalue weighted by Crippen LogP contribution is 2.52. The number of aromatic hydroxyl groups is 1. The van der Waals surface area contributed by atoms with Gasteiger partial charge in [-0.05, 0) is 87.4 Å². The average molecular weight is 607 g/mol. The lowest BCUT2D eigenvalue weighted by molar-refractivity contribution is -0.127. The van der Waals surface area contributed by atoms with Gasteiger partial charge in [-0.2, -0.15) is 0 Å². The summed E-state index contributed by atoms with van der Waals surface area (Å²) in [5, 5.41) is 34.1. The Hall–Kier alpha value is -4.22. The molecule has 0 fully saturated rings. The second-order valence-corrected chi connectivity index (χ2v) is 13.1. The number of Topliss-reactive ketones (excluding diaryl/α,β-unsaturated/α-hetero) is 2. The van der Waals surface area contributed by atoms with Gasteiger partial charge in [0.05, 0.1) is 17.5 Å². The Kier molecular flexibility index (Phi) is 7.84. The van der Waals surface area contributed by atoms with E-state index in [1.54, 1.807) is 50.2 Å². The van der Waals surface area contributed by atoms with E-state index in [9.17, 15) is 34.1 Å². The first-order chi connectivity index (χ1) is 20.6. The first-order valence-corrected chi connectivity index (χ1v) is 14.5. The highest BCUT2D eigenvalue weighted by molar-refractivity contribution is 6.22. The van der Waals surface area contributed by atoms with Gasteiger partial charge in [-0.3, -0.25) is 19.3 Å². The fraction of sp³-hybridized carbons (Fsp3) is 0.424. The smallest absolute Gasteiger partial charge is 0.255 e. The van der Waals surface area contributed by atoms with E-state index >= 15 is 0 Å². The molecular weight excluding hydrogens is 567 g/mol. The molecule has 0 bridgehead atoms. The molecule has 5 atom stereocenters. The van der Waals surface area contributed by atoms with Gasteiger partial charge in [-0.15, -0.1) is 0 Å². The second kappa shape index (κ2) is 11.0. The van der Waals surface area contributed by atoms with Crippen molar-refractivity contribution < 1.29 is 34.1 Å². The Morgan fingerprint density at radius 3 is 2.27 bits per heavy atom. The van der Waals surface area contributed by atoms with Gasteiger partial charge in [0.2, 0.25) is 0 Å². The quantitative estimate of drug-likeness (QED) is 0.297. The van der Waals surface area contributed by atoms with E-state index in [-0.39, 0.29) is 48.4 Å². The molecule has 44 heavy (non-hydrogen) atoms. The van der Waals surface area contributed by atoms with Crippen LogP contribution < -0.4 is 16.4 Å². The summed E-state index contributed by atoms with van der Waals surface area (Å²) < 4.78 is 14.4. The number of rotatable bonds is 7. The number of hydrogen-bond acceptors (Lipinski definition) is 9. The number of ketones is 2. The molecule has 7 N–H and O–H groups in total. The van der Waals surface area contributed by atoms with Crippen molar-refractivity contribution in [3.63, 3.8) is 0 Å². The molecule has 0 heterocycles. The molecule has 5 rings (SSSR count). The molecule has 3 aliphatic carbocycles. The standard InChI is InChI=1S/C33H39FN4O6/c1-33(36,13-15-8-6-7-9-20(15)34)14-17-12-21(37(2)3)18-10-16-11-19-24(29(41)22(16)28(40)23(18)27(17)39)30(42)25(32(35)44)31(43)26(19)38(4)5/h6-9,12,16,19,24,26,39,41,43H,10-11,13-14,36H2,1-5H3,(H2,35,44)/t16?,19?,24?,26-,33?/m0/s1. The molecule has 0 radical (unpaired) electrons. The fourth-order valence-corrected chi connectivity index (χ4v) is 7.48. The molecule has 0 aromatic heterocycles. The van der Waals surface area contributed by atoms with Gasteiger partial charge in [0, 0.05) is 30.9 Å². The molecule has 10 nitrogen and oxygen atoms in total. The van der Waals surface area contributed by atoms with Crippen LogP contribution in [0.4, 0.5) is 10.1 Å². The summed E-state index contributed by atoms with van der Waals surface area (Å²) in [7, 11) is 7.01. The molecule has 0 saturated heterocycles. The number of halogens is 1. The number of hydrogen-bond donors (Lipinski definition) is 5. The molecule has 1 amide bonds. The average Bonchev–Trinajstić information content (AvgIpc) is 2.90. The van der Waals surface area contributed by atoms with Crippen molar-refractivity contribution in [3.8, 4) is 5.75 Å². The first-order valence-electron chi connectivity index (χ1n) is 14.5. The predicted molar refractivity (Wildman–Crippen MR) is 163 cm³/mol. The lowest BCUT2D eigenvalue weighted by Gasteiger charge is -2.46. The van der Waals surface area contributed by atoms with Crippen LogP contribution in [0.5, 0.6) is 5.75 Å². The number of likely N-dealkylation sites (N-methyl/N-ethyl adjacent to an activating group) is 1. The van der Waals surface area contributed by atoms with Gasteiger partial charge < -0.3 is 31.7 Å². The number of benzene rings is 2. The normalized spacial score (nSPS) is 24.5. The molecule has 2 aromatic rings. The van der Waals surface area contributed by atoms with Crippen LogP contribution in [0.2, 0.25) is 0 Å². The van der Waals surface area contributed by atoms with Gasteiger partial charge in [-0.1, -0.05) is 18.2 Å². The fourth-order valence-electron chi connectivity index (χ4n) is 7.48. The summed E-state index contributed by atoms with van der Waals surface area (Å²) in [5.41, 5.74) is 12.6. The van der Waals surface area contributed by atoms with E-state index in [0.717, 1.165) is 0 Å². The Morgan fingerprint density at radius 2 is 1.68 bits per heavy atom. The number of anilines is 1. The van der Waals surface area contributed by atoms with Crippen LogP contribution in [0.1, 0.15) is 40.4 Å². The third kappa shape index (κ3) is 5.03.